The van der Waals surface area contributed by atoms with Crippen molar-refractivity contribution < 1.29 is 22.4 Å². The van der Waals surface area contributed by atoms with Crippen molar-refractivity contribution in [2.45, 2.75) is 31.6 Å². The second-order valence-electron chi connectivity index (χ2n) is 7.08. The SMILES string of the molecule is Cc1cc(C(=O)NNC(=O)C2CCN(S(=O)(=O)c3ccc(C#N)cc3)CC2)c(C)o1. The molecule has 158 valence electrons. The van der Waals surface area contributed by atoms with Gasteiger partial charge >= 0.3 is 0 Å². The van der Waals surface area contributed by atoms with E-state index < -0.39 is 21.8 Å². The van der Waals surface area contributed by atoms with Gasteiger partial charge in [0.2, 0.25) is 15.9 Å². The average molecular weight is 430 g/mol. The Kier molecular flexibility index (Phi) is 6.24. The molecule has 10 heteroatoms. The first-order valence-corrected chi connectivity index (χ1v) is 10.8. The Bertz CT molecular complexity index is 1090. The number of aryl methyl sites for hydroxylation is 2. The number of carbonyl (C=O) groups is 2. The molecule has 2 aromatic rings. The Hall–Kier alpha value is -3.16. The number of nitrogens with one attached hydrogen (secondary N) is 2. The molecule has 1 aromatic heterocycles. The minimum Gasteiger partial charge on any atom is -0.466 e. The Balaban J connectivity index is 1.54. The van der Waals surface area contributed by atoms with Crippen molar-refractivity contribution >= 4 is 21.8 Å². The number of furan rings is 1. The van der Waals surface area contributed by atoms with E-state index in [0.29, 0.717) is 35.5 Å². The maximum atomic E-state index is 12.7. The van der Waals surface area contributed by atoms with Crippen LogP contribution in [-0.2, 0) is 14.8 Å². The number of sulfonamides is 1. The van der Waals surface area contributed by atoms with Crippen LogP contribution in [0.2, 0.25) is 0 Å². The normalized spacial score (nSPS) is 15.4. The van der Waals surface area contributed by atoms with Crippen molar-refractivity contribution in [2.24, 2.45) is 5.92 Å². The predicted molar refractivity (Wildman–Crippen MR) is 106 cm³/mol. The number of rotatable bonds is 4. The van der Waals surface area contributed by atoms with Crippen LogP contribution in [0.1, 0.15) is 40.3 Å². The first kappa shape index (κ1) is 21.5. The number of nitrogens with zero attached hydrogens (tertiary/aromatic N) is 2. The molecular formula is C20H22N4O5S. The van der Waals surface area contributed by atoms with E-state index in [-0.39, 0.29) is 23.9 Å². The van der Waals surface area contributed by atoms with Gasteiger partial charge in [-0.3, -0.25) is 20.4 Å². The van der Waals surface area contributed by atoms with Crippen LogP contribution in [-0.4, -0.2) is 37.6 Å². The number of hydrazine groups is 1. The zero-order chi connectivity index (χ0) is 21.9. The Morgan fingerprint density at radius 2 is 1.77 bits per heavy atom. The molecule has 0 atom stereocenters. The van der Waals surface area contributed by atoms with E-state index in [9.17, 15) is 18.0 Å². The van der Waals surface area contributed by atoms with Crippen molar-refractivity contribution in [3.05, 3.63) is 53.0 Å². The smallest absolute Gasteiger partial charge is 0.273 e. The van der Waals surface area contributed by atoms with E-state index >= 15 is 0 Å². The molecule has 1 saturated heterocycles. The van der Waals surface area contributed by atoms with Gasteiger partial charge in [0.15, 0.2) is 0 Å². The predicted octanol–water partition coefficient (Wildman–Crippen LogP) is 1.63. The maximum Gasteiger partial charge on any atom is 0.273 e. The van der Waals surface area contributed by atoms with Crippen molar-refractivity contribution in [3.8, 4) is 6.07 Å². The summed E-state index contributed by atoms with van der Waals surface area (Å²) in [5.41, 5.74) is 5.50. The van der Waals surface area contributed by atoms with Crippen LogP contribution in [0.15, 0.2) is 39.6 Å². The molecule has 2 N–H and O–H groups in total. The third-order valence-electron chi connectivity index (χ3n) is 5.03. The summed E-state index contributed by atoms with van der Waals surface area (Å²) in [6, 6.07) is 9.26. The molecule has 0 radical (unpaired) electrons. The largest absolute Gasteiger partial charge is 0.466 e. The quantitative estimate of drug-likeness (QED) is 0.709. The summed E-state index contributed by atoms with van der Waals surface area (Å²) in [4.78, 5) is 24.6. The first-order valence-electron chi connectivity index (χ1n) is 9.40. The maximum absolute atomic E-state index is 12.7. The minimum absolute atomic E-state index is 0.113. The molecule has 0 aliphatic carbocycles. The van der Waals surface area contributed by atoms with Crippen molar-refractivity contribution in [1.82, 2.24) is 15.2 Å². The standard InChI is InChI=1S/C20H22N4O5S/c1-13-11-18(14(2)29-13)20(26)23-22-19(25)16-7-9-24(10-8-16)30(27,28)17-5-3-15(12-21)4-6-17/h3-6,11,16H,7-10H2,1-2H3,(H,22,25)(H,23,26). The molecule has 0 bridgehead atoms. The second kappa shape index (κ2) is 8.69. The zero-order valence-electron chi connectivity index (χ0n) is 16.6. The van der Waals surface area contributed by atoms with E-state index in [1.807, 2.05) is 6.07 Å². The highest BCUT2D eigenvalue weighted by Crippen LogP contribution is 2.24. The summed E-state index contributed by atoms with van der Waals surface area (Å²) in [7, 11) is -3.69. The van der Waals surface area contributed by atoms with E-state index in [0.717, 1.165) is 0 Å². The van der Waals surface area contributed by atoms with E-state index in [2.05, 4.69) is 10.9 Å². The number of hydrogen-bond donors (Lipinski definition) is 2. The number of benzene rings is 1. The van der Waals surface area contributed by atoms with Gasteiger partial charge in [-0.1, -0.05) is 0 Å². The summed E-state index contributed by atoms with van der Waals surface area (Å²) in [6.07, 6.45) is 0.669. The van der Waals surface area contributed by atoms with Gasteiger partial charge in [-0.05, 0) is 57.0 Å². The number of piperidine rings is 1. The lowest BCUT2D eigenvalue weighted by Crippen LogP contribution is -2.48. The molecule has 1 aliphatic heterocycles. The number of hydrogen-bond acceptors (Lipinski definition) is 6. The van der Waals surface area contributed by atoms with Crippen LogP contribution in [0.3, 0.4) is 0 Å². The van der Waals surface area contributed by atoms with Gasteiger partial charge in [0, 0.05) is 19.0 Å². The van der Waals surface area contributed by atoms with E-state index in [1.54, 1.807) is 19.9 Å². The van der Waals surface area contributed by atoms with Crippen molar-refractivity contribution in [1.29, 1.82) is 5.26 Å². The monoisotopic (exact) mass is 430 g/mol. The molecule has 30 heavy (non-hydrogen) atoms. The van der Waals surface area contributed by atoms with Gasteiger partial charge in [0.25, 0.3) is 5.91 Å². The summed E-state index contributed by atoms with van der Waals surface area (Å²) < 4.78 is 32.1. The lowest BCUT2D eigenvalue weighted by Gasteiger charge is -2.30. The Labute approximate surface area is 174 Å². The molecule has 3 rings (SSSR count). The molecule has 9 nitrogen and oxygen atoms in total. The highest BCUT2D eigenvalue weighted by Gasteiger charge is 2.32. The van der Waals surface area contributed by atoms with Gasteiger partial charge in [0.1, 0.15) is 11.5 Å². The lowest BCUT2D eigenvalue weighted by molar-refractivity contribution is -0.126. The molecule has 2 amide bonds. The Morgan fingerprint density at radius 1 is 1.13 bits per heavy atom. The van der Waals surface area contributed by atoms with E-state index in [4.69, 9.17) is 9.68 Å². The summed E-state index contributed by atoms with van der Waals surface area (Å²) in [5.74, 6) is -0.194. The van der Waals surface area contributed by atoms with Gasteiger partial charge in [-0.2, -0.15) is 9.57 Å². The fourth-order valence-corrected chi connectivity index (χ4v) is 4.82. The zero-order valence-corrected chi connectivity index (χ0v) is 17.5. The first-order chi connectivity index (χ1) is 14.2. The molecule has 1 aliphatic rings. The van der Waals surface area contributed by atoms with Crippen LogP contribution in [0, 0.1) is 31.1 Å². The topological polar surface area (TPSA) is 133 Å². The van der Waals surface area contributed by atoms with Gasteiger partial charge in [-0.15, -0.1) is 0 Å². The summed E-state index contributed by atoms with van der Waals surface area (Å²) in [5, 5.41) is 8.84. The molecular weight excluding hydrogens is 408 g/mol. The number of amides is 2. The molecule has 1 aromatic carbocycles. The van der Waals surface area contributed by atoms with E-state index in [1.165, 1.54) is 28.6 Å². The molecule has 1 fully saturated rings. The number of carbonyl (C=O) groups excluding carboxylic acids is 2. The second-order valence-corrected chi connectivity index (χ2v) is 9.02. The molecule has 0 unspecified atom stereocenters. The molecule has 2 heterocycles. The minimum atomic E-state index is -3.69. The van der Waals surface area contributed by atoms with Crippen molar-refractivity contribution in [2.75, 3.05) is 13.1 Å². The van der Waals surface area contributed by atoms with Gasteiger partial charge in [-0.25, -0.2) is 8.42 Å². The van der Waals surface area contributed by atoms with Crippen molar-refractivity contribution in [3.63, 3.8) is 0 Å². The summed E-state index contributed by atoms with van der Waals surface area (Å²) >= 11 is 0. The van der Waals surface area contributed by atoms with Gasteiger partial charge in [0.05, 0.1) is 22.1 Å². The molecule has 0 spiro atoms. The van der Waals surface area contributed by atoms with Crippen LogP contribution < -0.4 is 10.9 Å². The fraction of sp³-hybridized carbons (Fsp3) is 0.350. The third-order valence-corrected chi connectivity index (χ3v) is 6.94. The highest BCUT2D eigenvalue weighted by molar-refractivity contribution is 7.89. The lowest BCUT2D eigenvalue weighted by atomic mass is 9.98. The average Bonchev–Trinajstić information content (AvgIpc) is 3.09. The van der Waals surface area contributed by atoms with Crippen LogP contribution in [0.4, 0.5) is 0 Å². The van der Waals surface area contributed by atoms with Crippen LogP contribution >= 0.6 is 0 Å². The van der Waals surface area contributed by atoms with Gasteiger partial charge < -0.3 is 4.42 Å². The third kappa shape index (κ3) is 4.53. The van der Waals surface area contributed by atoms with Crippen LogP contribution in [0.25, 0.3) is 0 Å². The van der Waals surface area contributed by atoms with Crippen LogP contribution in [0.5, 0.6) is 0 Å². The fourth-order valence-electron chi connectivity index (χ4n) is 3.35. The Morgan fingerprint density at radius 3 is 2.30 bits per heavy atom. The highest BCUT2D eigenvalue weighted by atomic mass is 32.2. The number of nitriles is 1. The summed E-state index contributed by atoms with van der Waals surface area (Å²) in [6.45, 7) is 3.76. The molecule has 0 saturated carbocycles.